The van der Waals surface area contributed by atoms with Crippen molar-refractivity contribution in [2.75, 3.05) is 105 Å². The zero-order valence-electron chi connectivity index (χ0n) is 84.7. The SMILES string of the molecule is COc1cc2cc(c1Cl)N(C)C(=O)C[C@H](OC(=O)[C@@H](C)N(C)C(=O)CCSC1CC(=O)N(CC3CCC(C(=O)NCCOCCOCCNC(=O)c4ccc(CN(CCCCOc5cc(CN(Cc6ccccn6)Cc6ccccn6)cc(CN(Cc6ccccn6)Cc6ccccn6)c5)C(=O)C5(c6ccc(Cl)cc6)CCCCC5)cc4)CC3)C1=O)[C@](C)(OC)C[C@H](C)[C@@H]1C[C@@](O)(NC(=O)O1)[C@H](OC)/C=C/C=C(\C)C2. The fourth-order valence-corrected chi connectivity index (χ4v) is 21.4. The molecule has 4 aromatic heterocycles. The van der Waals surface area contributed by atoms with Crippen LogP contribution in [0.1, 0.15) is 191 Å². The summed E-state index contributed by atoms with van der Waals surface area (Å²) in [5.41, 5.74) is 6.16. The van der Waals surface area contributed by atoms with Crippen LogP contribution in [0.4, 0.5) is 10.5 Å². The van der Waals surface area contributed by atoms with E-state index in [4.69, 9.17) is 81.0 Å². The maximum absolute atomic E-state index is 15.6. The van der Waals surface area contributed by atoms with Gasteiger partial charge in [-0.1, -0.05) is 128 Å². The topological polar surface area (TPSA) is 355 Å². The highest BCUT2D eigenvalue weighted by atomic mass is 35.5. The first-order valence-electron chi connectivity index (χ1n) is 50.3. The molecular weight excluding hydrogens is 1910 g/mol. The number of ether oxygens (including phenoxy) is 8. The molecule has 3 aliphatic heterocycles. The van der Waals surface area contributed by atoms with Crippen molar-refractivity contribution in [3.05, 3.63) is 266 Å². The van der Waals surface area contributed by atoms with E-state index in [9.17, 15) is 43.5 Å². The fourth-order valence-electron chi connectivity index (χ4n) is 19.8. The molecule has 13 rings (SSSR count). The lowest BCUT2D eigenvalue weighted by Gasteiger charge is -2.44. The third-order valence-corrected chi connectivity index (χ3v) is 30.0. The molecule has 8 amide bonds. The van der Waals surface area contributed by atoms with Gasteiger partial charge in [-0.2, -0.15) is 0 Å². The van der Waals surface area contributed by atoms with E-state index in [0.717, 1.165) is 94.0 Å². The molecule has 31 nitrogen and oxygen atoms in total. The van der Waals surface area contributed by atoms with Gasteiger partial charge >= 0.3 is 12.1 Å². The fraction of sp³-hybridized carbons (Fsp3) is 0.486. The minimum atomic E-state index is -1.91. The van der Waals surface area contributed by atoms with Crippen molar-refractivity contribution in [3.63, 3.8) is 0 Å². The molecule has 4 N–H and O–H groups in total. The van der Waals surface area contributed by atoms with Crippen molar-refractivity contribution in [1.29, 1.82) is 0 Å². The number of fused-ring (bicyclic) bond motifs is 4. The monoisotopic (exact) mass is 2040 g/mol. The molecule has 145 heavy (non-hydrogen) atoms. The number of likely N-dealkylation sites (N-methyl/N-ethyl adjacent to an activating group) is 1. The summed E-state index contributed by atoms with van der Waals surface area (Å²) in [6.07, 6.45) is 16.3. The summed E-state index contributed by atoms with van der Waals surface area (Å²) in [6, 6.07) is 48.0. The minimum absolute atomic E-state index is 0.00459. The summed E-state index contributed by atoms with van der Waals surface area (Å²) >= 11 is 14.6. The van der Waals surface area contributed by atoms with Crippen LogP contribution in [0, 0.1) is 17.8 Å². The summed E-state index contributed by atoms with van der Waals surface area (Å²) in [5.74, 6) is -2.31. The second-order valence-corrected chi connectivity index (χ2v) is 41.0. The molecule has 2 saturated carbocycles. The number of carbonyl (C=O) groups is 9. The van der Waals surface area contributed by atoms with Gasteiger partial charge in [0.1, 0.15) is 46.5 Å². The molecule has 0 spiro atoms. The first-order valence-corrected chi connectivity index (χ1v) is 52.1. The Morgan fingerprint density at radius 1 is 0.676 bits per heavy atom. The van der Waals surface area contributed by atoms with E-state index in [0.29, 0.717) is 132 Å². The number of alkyl carbamates (subject to hydrolysis) is 1. The molecule has 7 heterocycles. The van der Waals surface area contributed by atoms with Gasteiger partial charge in [0.25, 0.3) is 5.91 Å². The van der Waals surface area contributed by atoms with E-state index >= 15 is 4.79 Å². The number of imide groups is 1. The van der Waals surface area contributed by atoms with E-state index in [1.807, 2.05) is 152 Å². The third-order valence-electron chi connectivity index (χ3n) is 28.2. The summed E-state index contributed by atoms with van der Waals surface area (Å²) in [6.45, 7) is 13.5. The Labute approximate surface area is 865 Å². The average molecular weight is 2050 g/mol. The first-order chi connectivity index (χ1) is 70.0. The van der Waals surface area contributed by atoms with Gasteiger partial charge in [-0.15, -0.1) is 11.8 Å². The number of aromatic nitrogens is 4. The summed E-state index contributed by atoms with van der Waals surface area (Å²) in [7, 11) is 7.28. The van der Waals surface area contributed by atoms with Crippen LogP contribution in [0.3, 0.4) is 0 Å². The van der Waals surface area contributed by atoms with Gasteiger partial charge in [0.05, 0.1) is 85.7 Å². The second kappa shape index (κ2) is 54.2. The Kier molecular flexibility index (Phi) is 41.4. The first kappa shape index (κ1) is 111. The molecule has 4 bridgehead atoms. The number of carbonyl (C=O) groups excluding carboxylic acids is 9. The van der Waals surface area contributed by atoms with Crippen molar-refractivity contribution >= 4 is 94.1 Å². The Bertz CT molecular complexity index is 5490. The van der Waals surface area contributed by atoms with Gasteiger partial charge in [0, 0.05) is 167 Å². The summed E-state index contributed by atoms with van der Waals surface area (Å²) in [5, 5.41) is 20.6. The van der Waals surface area contributed by atoms with E-state index in [1.54, 1.807) is 57.3 Å². The standard InChI is InChI=1S/C111H139Cl2N13O18S/c1-76-24-23-29-97(138-8)111(136)67-95(143-108(135)120-111)77(2)66-109(4,139-9)98(65-100(128)122(6)93-62-81(58-76)63-94(137-7)102(93)113)144-106(133)78(3)121(5)99(127)42-57-145-96-64-101(129)126(105(96)132)71-80-32-36-85(37-33-80)104(131)119-50-54-141-56-55-140-53-49-118-103(130)84-34-30-79(31-35-84)70-125(107(134)110(43-15-10-16-44-110)86-38-40-87(112)41-39-86)51-21-22-52-142-92-60-82(68-123(72-88-25-11-17-45-114-88)73-89-26-12-18-46-115-89)59-83(61-92)69-124(74-90-27-13-19-47-116-90)75-91-28-14-20-48-117-91/h11-14,17-20,23-31,34-35,38-41,45-48,59-63,77-78,80,85,95-98,136H,10,15-16,21-22,32-33,36-37,42-44,49-58,64-75H2,1-9H3,(H,118,130)(H,119,131)(H,120,135)/b29-23+,76-24+/t77-,78+,80?,85?,95-,96?,97+,98-,109+,111-/m0/s1. The Morgan fingerprint density at radius 2 is 1.28 bits per heavy atom. The predicted molar refractivity (Wildman–Crippen MR) is 554 cm³/mol. The van der Waals surface area contributed by atoms with Crippen molar-refractivity contribution in [2.45, 2.75) is 229 Å². The molecular formula is C111H139Cl2N13O18S. The van der Waals surface area contributed by atoms with Crippen LogP contribution in [0.2, 0.25) is 10.0 Å². The summed E-state index contributed by atoms with van der Waals surface area (Å²) in [4.78, 5) is 156. The predicted octanol–water partition coefficient (Wildman–Crippen LogP) is 15.5. The number of rotatable bonds is 45. The molecule has 776 valence electrons. The molecule has 1 unspecified atom stereocenters. The Morgan fingerprint density at radius 3 is 1.85 bits per heavy atom. The number of amides is 8. The van der Waals surface area contributed by atoms with Crippen LogP contribution < -0.4 is 30.3 Å². The molecule has 34 heteroatoms. The molecule has 8 aromatic rings. The maximum Gasteiger partial charge on any atom is 0.409 e. The number of unbranched alkanes of at least 4 members (excludes halogenated alkanes) is 1. The molecule has 4 fully saturated rings. The van der Waals surface area contributed by atoms with E-state index in [2.05, 4.69) is 43.9 Å². The zero-order chi connectivity index (χ0) is 103. The van der Waals surface area contributed by atoms with E-state index in [-0.39, 0.29) is 117 Å². The second-order valence-electron chi connectivity index (χ2n) is 38.9. The van der Waals surface area contributed by atoms with Crippen molar-refractivity contribution in [1.82, 2.24) is 60.4 Å². The lowest BCUT2D eigenvalue weighted by Crippen LogP contribution is -2.63. The van der Waals surface area contributed by atoms with Crippen LogP contribution in [-0.2, 0) is 120 Å². The van der Waals surface area contributed by atoms with Crippen molar-refractivity contribution < 1.29 is 86.2 Å². The number of hydrogen-bond donors (Lipinski definition) is 4. The van der Waals surface area contributed by atoms with Crippen LogP contribution in [0.15, 0.2) is 200 Å². The number of pyridine rings is 4. The number of benzene rings is 4. The Hall–Kier alpha value is -11.6. The number of thioether (sulfide) groups is 1. The van der Waals surface area contributed by atoms with Gasteiger partial charge in [0.15, 0.2) is 5.72 Å². The van der Waals surface area contributed by atoms with Crippen LogP contribution in [-0.4, -0.2) is 244 Å². The molecule has 0 radical (unpaired) electrons. The highest BCUT2D eigenvalue weighted by Crippen LogP contribution is 2.44. The minimum Gasteiger partial charge on any atom is -0.495 e. The number of esters is 1. The molecule has 4 aromatic carbocycles. The number of anilines is 1. The molecule has 5 aliphatic rings. The quantitative estimate of drug-likeness (QED) is 0.0156. The molecule has 8 atom stereocenters. The van der Waals surface area contributed by atoms with Crippen molar-refractivity contribution in [3.8, 4) is 11.5 Å². The number of allylic oxidation sites excluding steroid dienone is 3. The number of nitrogens with zero attached hydrogens (tertiary/aromatic N) is 10. The van der Waals surface area contributed by atoms with Gasteiger partial charge < -0.3 is 68.3 Å². The van der Waals surface area contributed by atoms with E-state index in [1.165, 1.54) is 61.8 Å². The van der Waals surface area contributed by atoms with Gasteiger partial charge in [-0.25, -0.2) is 9.59 Å². The number of likely N-dealkylation sites (tertiary alicyclic amines) is 1. The number of nitrogens with one attached hydrogen (secondary N) is 3. The van der Waals surface area contributed by atoms with Crippen LogP contribution in [0.25, 0.3) is 0 Å². The number of aliphatic hydroxyl groups is 1. The lowest BCUT2D eigenvalue weighted by molar-refractivity contribution is -0.181. The van der Waals surface area contributed by atoms with Gasteiger partial charge in [-0.05, 0) is 222 Å². The number of hydrogen-bond acceptors (Lipinski definition) is 25. The number of halogens is 2. The smallest absolute Gasteiger partial charge is 0.409 e. The van der Waals surface area contributed by atoms with Gasteiger partial charge in [-0.3, -0.25) is 73.5 Å². The normalized spacial score (nSPS) is 21.7. The zero-order valence-corrected chi connectivity index (χ0v) is 87.0. The summed E-state index contributed by atoms with van der Waals surface area (Å²) < 4.78 is 48.0. The van der Waals surface area contributed by atoms with Crippen molar-refractivity contribution in [2.24, 2.45) is 17.8 Å². The highest BCUT2D eigenvalue weighted by molar-refractivity contribution is 8.00. The largest absolute Gasteiger partial charge is 0.495 e. The third kappa shape index (κ3) is 31.5. The number of methoxy groups -OCH3 is 3. The van der Waals surface area contributed by atoms with Crippen LogP contribution in [0.5, 0.6) is 11.5 Å². The van der Waals surface area contributed by atoms with E-state index < -0.39 is 82.6 Å². The highest BCUT2D eigenvalue weighted by Gasteiger charge is 2.51. The Balaban J connectivity index is 0.531. The maximum atomic E-state index is 15.6. The molecule has 2 aliphatic carbocycles. The van der Waals surface area contributed by atoms with Gasteiger partial charge in [0.2, 0.25) is 35.4 Å². The molecule has 2 saturated heterocycles. The lowest BCUT2D eigenvalue weighted by atomic mass is 9.68. The van der Waals surface area contributed by atoms with Crippen LogP contribution >= 0.6 is 35.0 Å². The average Bonchev–Trinajstić information content (AvgIpc) is 1.47.